The van der Waals surface area contributed by atoms with Crippen molar-refractivity contribution in [3.63, 3.8) is 0 Å². The van der Waals surface area contributed by atoms with Crippen molar-refractivity contribution >= 4 is 47.3 Å². The Hall–Kier alpha value is -11.9. The maximum absolute atomic E-state index is 15.6. The summed E-state index contributed by atoms with van der Waals surface area (Å²) in [7, 11) is 1.87. The Bertz CT molecular complexity index is 4520. The molecule has 0 fully saturated rings. The van der Waals surface area contributed by atoms with Gasteiger partial charge in [0.25, 0.3) is 0 Å². The topological polar surface area (TPSA) is 282 Å². The van der Waals surface area contributed by atoms with Crippen molar-refractivity contribution in [2.45, 2.75) is 144 Å². The van der Waals surface area contributed by atoms with Gasteiger partial charge in [-0.2, -0.15) is 0 Å². The second kappa shape index (κ2) is 40.5. The number of aromatic nitrogens is 2. The maximum Gasteiger partial charge on any atom is 0.308 e. The number of ether oxygens (including phenoxy) is 1. The number of phenolic OH excluding ortho intramolecular Hbond substituents is 3. The first-order chi connectivity index (χ1) is 52.6. The summed E-state index contributed by atoms with van der Waals surface area (Å²) in [5, 5.41) is 31.5. The van der Waals surface area contributed by atoms with Crippen LogP contribution in [0.2, 0.25) is 0 Å². The third kappa shape index (κ3) is 25.1. The number of hydrogen-bond acceptors (Lipinski definition) is 14. The van der Waals surface area contributed by atoms with Crippen LogP contribution in [0.25, 0.3) is 0 Å². The van der Waals surface area contributed by atoms with E-state index >= 15 is 19.2 Å². The molecule has 6 atom stereocenters. The second-order valence-corrected chi connectivity index (χ2v) is 29.7. The van der Waals surface area contributed by atoms with Gasteiger partial charge in [-0.1, -0.05) is 236 Å². The fourth-order valence-electron chi connectivity index (χ4n) is 12.9. The monoisotopic (exact) mass is 1510 g/mol. The molecule has 9 aromatic rings. The normalized spacial score (nSPS) is 12.8. The summed E-state index contributed by atoms with van der Waals surface area (Å²) in [5.41, 5.74) is 12.5. The van der Waals surface area contributed by atoms with Gasteiger partial charge in [-0.25, -0.2) is 4.98 Å². The fourth-order valence-corrected chi connectivity index (χ4v) is 12.9. The van der Waals surface area contributed by atoms with E-state index in [1.165, 1.54) is 48.5 Å². The Balaban J connectivity index is 0.000000528. The smallest absolute Gasteiger partial charge is 0.308 e. The largest absolute Gasteiger partial charge is 0.508 e. The molecule has 0 aliphatic rings. The van der Waals surface area contributed by atoms with Crippen LogP contribution in [0.5, 0.6) is 23.0 Å². The van der Waals surface area contributed by atoms with E-state index in [0.29, 0.717) is 23.4 Å². The molecule has 22 nitrogen and oxygen atoms in total. The van der Waals surface area contributed by atoms with Gasteiger partial charge in [0.15, 0.2) is 0 Å². The van der Waals surface area contributed by atoms with Gasteiger partial charge < -0.3 is 65.1 Å². The molecule has 8 aromatic carbocycles. The Morgan fingerprint density at radius 1 is 0.414 bits per heavy atom. The molecule has 1 aromatic heterocycles. The molecular weight excluding hydrogens is 1400 g/mol. The van der Waals surface area contributed by atoms with Crippen molar-refractivity contribution in [2.75, 3.05) is 45.8 Å². The van der Waals surface area contributed by atoms with E-state index in [1.54, 1.807) is 57.6 Å². The zero-order chi connectivity index (χ0) is 81.3. The average molecular weight is 1510 g/mol. The van der Waals surface area contributed by atoms with E-state index in [1.807, 2.05) is 256 Å². The first kappa shape index (κ1) is 86.3. The summed E-state index contributed by atoms with van der Waals surface area (Å²) in [6.45, 7) is 21.8. The number of nitrogens with one attached hydrogen (secondary N) is 1. The molecule has 0 spiro atoms. The van der Waals surface area contributed by atoms with Crippen LogP contribution in [0.1, 0.15) is 176 Å². The van der Waals surface area contributed by atoms with Crippen LogP contribution in [-0.4, -0.2) is 147 Å². The number of hydrogen-bond donors (Lipinski definition) is 5. The van der Waals surface area contributed by atoms with Crippen molar-refractivity contribution in [3.8, 4) is 23.0 Å². The molecule has 0 bridgehead atoms. The van der Waals surface area contributed by atoms with Gasteiger partial charge in [0, 0.05) is 38.8 Å². The maximum atomic E-state index is 15.6. The summed E-state index contributed by atoms with van der Waals surface area (Å²) in [5.74, 6) is -3.42. The SMILES string of the molecule is CC(=O)Oc1ccc(C(C)(C)C)c(O)c1.CC(C)(C)c1ccc(O)cc1O.C[C@@H](c1ccccc1)N(CC(N)=O)C(=O)CN(C(=O)CN(C(=O)CN(C(=O)CN(C(=O)CN(C(=O)CNCc1cncn1C)[C@@H](C)c1ccccc1)[C@@H](C)c1ccccc1)[C@@H](C)c1ccccc1)[C@@H](C)c1ccccc1)[C@@H](C)c1ccccc1. The van der Waals surface area contributed by atoms with Crippen LogP contribution in [0.15, 0.2) is 231 Å². The molecule has 6 N–H and O–H groups in total. The summed E-state index contributed by atoms with van der Waals surface area (Å²) >= 11 is 0. The molecule has 0 saturated carbocycles. The molecule has 0 unspecified atom stereocenters. The van der Waals surface area contributed by atoms with Crippen LogP contribution in [0.4, 0.5) is 0 Å². The number of benzene rings is 8. The number of aryl methyl sites for hydroxylation is 1. The molecule has 0 aliphatic carbocycles. The number of carbonyl (C=O) groups is 8. The summed E-state index contributed by atoms with van der Waals surface area (Å²) in [6, 6.07) is 61.2. The predicted octanol–water partition coefficient (Wildman–Crippen LogP) is 13.5. The highest BCUT2D eigenvalue weighted by atomic mass is 16.5. The average Bonchev–Trinajstić information content (AvgIpc) is 1.09. The second-order valence-electron chi connectivity index (χ2n) is 29.7. The lowest BCUT2D eigenvalue weighted by Crippen LogP contribution is -2.53. The Morgan fingerprint density at radius 2 is 0.694 bits per heavy atom. The van der Waals surface area contributed by atoms with Crippen LogP contribution in [0, 0.1) is 0 Å². The van der Waals surface area contributed by atoms with Crippen LogP contribution in [0.3, 0.4) is 0 Å². The van der Waals surface area contributed by atoms with E-state index in [9.17, 15) is 29.4 Å². The molecular formula is C89H108N10O12. The van der Waals surface area contributed by atoms with Gasteiger partial charge in [0.05, 0.1) is 61.4 Å². The van der Waals surface area contributed by atoms with Crippen molar-refractivity contribution in [3.05, 3.63) is 281 Å². The van der Waals surface area contributed by atoms with Gasteiger partial charge >= 0.3 is 5.97 Å². The molecule has 0 aliphatic heterocycles. The van der Waals surface area contributed by atoms with Crippen molar-refractivity contribution in [1.29, 1.82) is 0 Å². The number of imidazole rings is 1. The quantitative estimate of drug-likeness (QED) is 0.0215. The highest BCUT2D eigenvalue weighted by Gasteiger charge is 2.37. The molecule has 586 valence electrons. The fraction of sp³-hybridized carbons (Fsp3) is 0.337. The lowest BCUT2D eigenvalue weighted by atomic mass is 9.86. The molecule has 0 saturated heterocycles. The van der Waals surface area contributed by atoms with Crippen molar-refractivity contribution in [1.82, 2.24) is 44.3 Å². The molecule has 0 radical (unpaired) electrons. The van der Waals surface area contributed by atoms with Gasteiger partial charge in [-0.05, 0) is 109 Å². The third-order valence-corrected chi connectivity index (χ3v) is 19.6. The molecule has 1 heterocycles. The minimum atomic E-state index is -0.731. The number of primary amides is 1. The van der Waals surface area contributed by atoms with E-state index < -0.39 is 110 Å². The summed E-state index contributed by atoms with van der Waals surface area (Å²) in [4.78, 5) is 127. The number of aromatic hydroxyl groups is 3. The lowest BCUT2D eigenvalue weighted by Gasteiger charge is -2.38. The van der Waals surface area contributed by atoms with E-state index in [2.05, 4.69) is 10.3 Å². The first-order valence-electron chi connectivity index (χ1n) is 37.2. The molecule has 111 heavy (non-hydrogen) atoms. The number of amides is 7. The number of nitrogens with zero attached hydrogens (tertiary/aromatic N) is 8. The Labute approximate surface area is 653 Å². The first-order valence-corrected chi connectivity index (χ1v) is 37.2. The van der Waals surface area contributed by atoms with E-state index in [-0.39, 0.29) is 47.1 Å². The lowest BCUT2D eigenvalue weighted by molar-refractivity contribution is -0.152. The van der Waals surface area contributed by atoms with Gasteiger partial charge in [-0.3, -0.25) is 38.4 Å². The Kier molecular flexibility index (Phi) is 31.5. The van der Waals surface area contributed by atoms with Gasteiger partial charge in [-0.15, -0.1) is 0 Å². The number of rotatable bonds is 29. The molecule has 22 heteroatoms. The van der Waals surface area contributed by atoms with E-state index in [0.717, 1.165) is 39.1 Å². The van der Waals surface area contributed by atoms with E-state index in [4.69, 9.17) is 15.6 Å². The summed E-state index contributed by atoms with van der Waals surface area (Å²) < 4.78 is 6.72. The minimum Gasteiger partial charge on any atom is -0.508 e. The number of nitrogens with two attached hydrogens (primary N) is 1. The van der Waals surface area contributed by atoms with Crippen LogP contribution in [-0.2, 0) is 62.8 Å². The van der Waals surface area contributed by atoms with Crippen molar-refractivity contribution in [2.24, 2.45) is 12.8 Å². The Morgan fingerprint density at radius 3 is 0.946 bits per heavy atom. The van der Waals surface area contributed by atoms with Gasteiger partial charge in [0.1, 0.15) is 55.7 Å². The highest BCUT2D eigenvalue weighted by Crippen LogP contribution is 2.36. The number of phenols is 3. The summed E-state index contributed by atoms with van der Waals surface area (Å²) in [6.07, 6.45) is 3.39. The zero-order valence-corrected chi connectivity index (χ0v) is 66.2. The standard InChI is InChI=1S/C67H78N10O7.C12H16O3.C10H14O2/c1-48(54-26-14-8-15-27-54)72(41-61(68)78)63(80)43-74(50(3)56-30-18-10-19-31-56)65(82)45-76(52(5)58-34-22-12-23-35-58)67(84)46-77(53(6)59-36-24-13-25-37-59)66(83)44-75(51(4)57-32-20-11-21-33-57)64(81)42-73(49(2)55-28-16-9-17-29-55)62(79)40-69-38-60-39-70-47-71(60)7;1-8(13)15-9-5-6-10(11(14)7-9)12(2,3)4;1-10(2,3)8-5-4-7(11)6-9(8)12/h8-37,39,47-53,69H,38,40-46H2,1-7H3,(H2,68,78);5-7,14H,1-4H3;4-6,11-12H,1-3H3/t48-,49-,50-,51-,52-,53-;;/m0../s1. The highest BCUT2D eigenvalue weighted by molar-refractivity contribution is 5.94. The third-order valence-electron chi connectivity index (χ3n) is 19.6. The van der Waals surface area contributed by atoms with Gasteiger partial charge in [0.2, 0.25) is 41.4 Å². The zero-order valence-electron chi connectivity index (χ0n) is 66.2. The van der Waals surface area contributed by atoms with Crippen LogP contribution >= 0.6 is 0 Å². The van der Waals surface area contributed by atoms with Crippen LogP contribution < -0.4 is 15.8 Å². The predicted molar refractivity (Wildman–Crippen MR) is 430 cm³/mol. The van der Waals surface area contributed by atoms with Crippen molar-refractivity contribution < 1.29 is 58.4 Å². The number of esters is 1. The molecule has 7 amide bonds. The number of carbonyl (C=O) groups excluding carboxylic acids is 8. The molecule has 9 rings (SSSR count). The minimum absolute atomic E-state index is 0.0855.